The van der Waals surface area contributed by atoms with Crippen LogP contribution >= 0.6 is 22.6 Å². The summed E-state index contributed by atoms with van der Waals surface area (Å²) in [5.74, 6) is 0.159. The Labute approximate surface area is 112 Å². The fourth-order valence-corrected chi connectivity index (χ4v) is 2.51. The lowest BCUT2D eigenvalue weighted by Gasteiger charge is -2.08. The molecule has 0 unspecified atom stereocenters. The van der Waals surface area contributed by atoms with Crippen LogP contribution in [-0.4, -0.2) is 5.11 Å². The smallest absolute Gasteiger partial charge is 0.336 e. The lowest BCUT2D eigenvalue weighted by Crippen LogP contribution is -2.00. The van der Waals surface area contributed by atoms with Crippen LogP contribution in [0.2, 0.25) is 0 Å². The van der Waals surface area contributed by atoms with Crippen LogP contribution in [0, 0.1) is 10.5 Å². The van der Waals surface area contributed by atoms with Crippen molar-refractivity contribution in [2.75, 3.05) is 0 Å². The van der Waals surface area contributed by atoms with Gasteiger partial charge in [-0.25, -0.2) is 4.79 Å². The van der Waals surface area contributed by atoms with E-state index in [-0.39, 0.29) is 5.75 Å². The van der Waals surface area contributed by atoms with Crippen molar-refractivity contribution < 1.29 is 9.52 Å². The monoisotopic (exact) mass is 342 g/mol. The van der Waals surface area contributed by atoms with Crippen LogP contribution in [0.1, 0.15) is 11.1 Å². The molecule has 0 aliphatic carbocycles. The average Bonchev–Trinajstić information content (AvgIpc) is 2.27. The molecule has 2 rings (SSSR count). The molecule has 0 spiro atoms. The summed E-state index contributed by atoms with van der Waals surface area (Å²) in [7, 11) is 0. The summed E-state index contributed by atoms with van der Waals surface area (Å²) in [6.07, 6.45) is 2.31. The van der Waals surface area contributed by atoms with E-state index in [0.29, 0.717) is 15.6 Å². The Bertz CT molecular complexity index is 656. The molecule has 0 saturated heterocycles. The molecule has 0 aliphatic rings. The predicted octanol–water partition coefficient (Wildman–Crippen LogP) is 3.14. The topological polar surface area (TPSA) is 50.4 Å². The third-order valence-corrected chi connectivity index (χ3v) is 3.60. The van der Waals surface area contributed by atoms with Gasteiger partial charge in [0.15, 0.2) is 5.58 Å². The summed E-state index contributed by atoms with van der Waals surface area (Å²) < 4.78 is 5.71. The lowest BCUT2D eigenvalue weighted by molar-refractivity contribution is 0.463. The summed E-state index contributed by atoms with van der Waals surface area (Å²) in [5.41, 5.74) is 1.68. The molecule has 0 aliphatic heterocycles. The molecule has 0 atom stereocenters. The van der Waals surface area contributed by atoms with Crippen molar-refractivity contribution in [2.24, 2.45) is 0 Å². The SMILES string of the molecule is C=CCc1cc2c(C)cc(=O)oc2c(I)c1O. The van der Waals surface area contributed by atoms with Crippen molar-refractivity contribution in [3.8, 4) is 5.75 Å². The molecule has 0 bridgehead atoms. The van der Waals surface area contributed by atoms with Gasteiger partial charge in [0.1, 0.15) is 5.75 Å². The normalized spacial score (nSPS) is 10.7. The summed E-state index contributed by atoms with van der Waals surface area (Å²) in [6, 6.07) is 3.29. The van der Waals surface area contributed by atoms with E-state index in [1.54, 1.807) is 6.08 Å². The highest BCUT2D eigenvalue weighted by atomic mass is 127. The molecule has 3 nitrogen and oxygen atoms in total. The number of allylic oxidation sites excluding steroid dienone is 1. The summed E-state index contributed by atoms with van der Waals surface area (Å²) in [4.78, 5) is 11.3. The van der Waals surface area contributed by atoms with Gasteiger partial charge in [0.05, 0.1) is 3.57 Å². The zero-order chi connectivity index (χ0) is 12.6. The Morgan fingerprint density at radius 1 is 1.53 bits per heavy atom. The quantitative estimate of drug-likeness (QED) is 0.518. The van der Waals surface area contributed by atoms with E-state index in [4.69, 9.17) is 4.42 Å². The van der Waals surface area contributed by atoms with Crippen molar-refractivity contribution in [3.63, 3.8) is 0 Å². The maximum Gasteiger partial charge on any atom is 0.336 e. The van der Waals surface area contributed by atoms with Gasteiger partial charge in [-0.1, -0.05) is 6.08 Å². The summed E-state index contributed by atoms with van der Waals surface area (Å²) >= 11 is 1.98. The highest BCUT2D eigenvalue weighted by molar-refractivity contribution is 14.1. The van der Waals surface area contributed by atoms with Crippen molar-refractivity contribution in [1.29, 1.82) is 0 Å². The van der Waals surface area contributed by atoms with E-state index >= 15 is 0 Å². The number of aromatic hydroxyl groups is 1. The van der Waals surface area contributed by atoms with E-state index < -0.39 is 5.63 Å². The van der Waals surface area contributed by atoms with Gasteiger partial charge >= 0.3 is 5.63 Å². The molecule has 17 heavy (non-hydrogen) atoms. The number of phenolic OH excluding ortho intramolecular Hbond substituents is 1. The minimum Gasteiger partial charge on any atom is -0.506 e. The van der Waals surface area contributed by atoms with Gasteiger partial charge in [-0.15, -0.1) is 6.58 Å². The van der Waals surface area contributed by atoms with Crippen LogP contribution in [0.15, 0.2) is 34.0 Å². The van der Waals surface area contributed by atoms with Gasteiger partial charge in [-0.3, -0.25) is 0 Å². The molecule has 0 amide bonds. The minimum atomic E-state index is -0.399. The fourth-order valence-electron chi connectivity index (χ4n) is 1.76. The predicted molar refractivity (Wildman–Crippen MR) is 75.5 cm³/mol. The Morgan fingerprint density at radius 2 is 2.24 bits per heavy atom. The Morgan fingerprint density at radius 3 is 2.88 bits per heavy atom. The van der Waals surface area contributed by atoms with E-state index in [9.17, 15) is 9.90 Å². The molecular formula is C13H11IO3. The average molecular weight is 342 g/mol. The number of hydrogen-bond donors (Lipinski definition) is 1. The number of hydrogen-bond acceptors (Lipinski definition) is 3. The number of rotatable bonds is 2. The second kappa shape index (κ2) is 4.52. The van der Waals surface area contributed by atoms with E-state index in [1.165, 1.54) is 6.07 Å². The molecule has 0 fully saturated rings. The first-order chi connectivity index (χ1) is 8.04. The third-order valence-electron chi connectivity index (χ3n) is 2.60. The second-order valence-electron chi connectivity index (χ2n) is 3.82. The Kier molecular flexibility index (Phi) is 3.24. The molecular weight excluding hydrogens is 331 g/mol. The first-order valence-corrected chi connectivity index (χ1v) is 6.18. The van der Waals surface area contributed by atoms with Crippen LogP contribution in [0.3, 0.4) is 0 Å². The highest BCUT2D eigenvalue weighted by Crippen LogP contribution is 2.33. The molecule has 1 N–H and O–H groups in total. The molecule has 2 aromatic rings. The molecule has 0 radical (unpaired) electrons. The molecule has 1 aromatic carbocycles. The molecule has 88 valence electrons. The standard InChI is InChI=1S/C13H11IO3/c1-3-4-8-6-9-7(2)5-10(15)17-13(9)11(14)12(8)16/h3,5-6,16H,1,4H2,2H3. The third kappa shape index (κ3) is 2.09. The van der Waals surface area contributed by atoms with Gasteiger partial charge in [0.2, 0.25) is 0 Å². The molecule has 4 heteroatoms. The van der Waals surface area contributed by atoms with Gasteiger partial charge < -0.3 is 9.52 Å². The van der Waals surface area contributed by atoms with Crippen molar-refractivity contribution in [3.05, 3.63) is 49.9 Å². The van der Waals surface area contributed by atoms with Gasteiger partial charge in [0, 0.05) is 11.5 Å². The van der Waals surface area contributed by atoms with Gasteiger partial charge in [-0.2, -0.15) is 0 Å². The molecule has 0 saturated carbocycles. The zero-order valence-electron chi connectivity index (χ0n) is 9.29. The first-order valence-electron chi connectivity index (χ1n) is 5.10. The van der Waals surface area contributed by atoms with Crippen molar-refractivity contribution in [1.82, 2.24) is 0 Å². The minimum absolute atomic E-state index is 0.159. The van der Waals surface area contributed by atoms with Crippen LogP contribution in [0.25, 0.3) is 11.0 Å². The zero-order valence-corrected chi connectivity index (χ0v) is 11.4. The maximum absolute atomic E-state index is 11.3. The van der Waals surface area contributed by atoms with Crippen LogP contribution in [-0.2, 0) is 6.42 Å². The van der Waals surface area contributed by atoms with Crippen LogP contribution < -0.4 is 5.63 Å². The number of benzene rings is 1. The van der Waals surface area contributed by atoms with E-state index in [1.807, 2.05) is 35.6 Å². The number of phenols is 1. The second-order valence-corrected chi connectivity index (χ2v) is 4.89. The van der Waals surface area contributed by atoms with Crippen molar-refractivity contribution >= 4 is 33.6 Å². The van der Waals surface area contributed by atoms with Crippen LogP contribution in [0.4, 0.5) is 0 Å². The largest absolute Gasteiger partial charge is 0.506 e. The first kappa shape index (κ1) is 12.2. The number of halogens is 1. The Balaban J connectivity index is 2.90. The summed E-state index contributed by atoms with van der Waals surface area (Å²) in [6.45, 7) is 5.51. The summed E-state index contributed by atoms with van der Waals surface area (Å²) in [5, 5.41) is 10.8. The molecule has 1 aromatic heterocycles. The molecule has 1 heterocycles. The lowest BCUT2D eigenvalue weighted by atomic mass is 10.0. The van der Waals surface area contributed by atoms with E-state index in [2.05, 4.69) is 6.58 Å². The number of fused-ring (bicyclic) bond motifs is 1. The van der Waals surface area contributed by atoms with Gasteiger partial charge in [0.25, 0.3) is 0 Å². The van der Waals surface area contributed by atoms with Crippen LogP contribution in [0.5, 0.6) is 5.75 Å². The highest BCUT2D eigenvalue weighted by Gasteiger charge is 2.13. The maximum atomic E-state index is 11.3. The van der Waals surface area contributed by atoms with Crippen molar-refractivity contribution in [2.45, 2.75) is 13.3 Å². The van der Waals surface area contributed by atoms with Gasteiger partial charge in [-0.05, 0) is 53.1 Å². The Hall–Kier alpha value is -1.30. The fraction of sp³-hybridized carbons (Fsp3) is 0.154. The van der Waals surface area contributed by atoms with E-state index in [0.717, 1.165) is 16.5 Å². The number of aryl methyl sites for hydroxylation is 1.